The zero-order chi connectivity index (χ0) is 9.03. The van der Waals surface area contributed by atoms with Crippen molar-refractivity contribution in [1.29, 1.82) is 5.26 Å². The van der Waals surface area contributed by atoms with E-state index in [0.29, 0.717) is 6.42 Å². The van der Waals surface area contributed by atoms with E-state index >= 15 is 0 Å². The normalized spacial score (nSPS) is 20.0. The van der Waals surface area contributed by atoms with E-state index in [1.165, 1.54) is 7.11 Å². The van der Waals surface area contributed by atoms with Gasteiger partial charge in [-0.05, 0) is 12.8 Å². The van der Waals surface area contributed by atoms with Crippen molar-refractivity contribution in [2.24, 2.45) is 5.41 Å². The molecule has 0 spiro atoms. The molecular weight excluding hydrogens is 154 g/mol. The van der Waals surface area contributed by atoms with Gasteiger partial charge in [-0.1, -0.05) is 12.8 Å². The van der Waals surface area contributed by atoms with Crippen molar-refractivity contribution in [3.05, 3.63) is 0 Å². The molecule has 0 unspecified atom stereocenters. The standard InChI is InChI=1S/C9H13NO2/c1-12-8(11)9(6-7-10)4-2-3-5-9/h2-6H2,1H3. The van der Waals surface area contributed by atoms with E-state index in [9.17, 15) is 4.79 Å². The highest BCUT2D eigenvalue weighted by Gasteiger charge is 2.41. The highest BCUT2D eigenvalue weighted by molar-refractivity contribution is 5.77. The summed E-state index contributed by atoms with van der Waals surface area (Å²) in [5.41, 5.74) is -0.469. The van der Waals surface area contributed by atoms with E-state index in [4.69, 9.17) is 10.00 Å². The number of nitriles is 1. The maximum Gasteiger partial charge on any atom is 0.312 e. The smallest absolute Gasteiger partial charge is 0.312 e. The molecule has 0 radical (unpaired) electrons. The van der Waals surface area contributed by atoms with E-state index in [1.54, 1.807) is 0 Å². The molecule has 0 atom stereocenters. The molecular formula is C9H13NO2. The molecule has 0 aromatic rings. The van der Waals surface area contributed by atoms with Crippen LogP contribution < -0.4 is 0 Å². The number of ether oxygens (including phenoxy) is 1. The van der Waals surface area contributed by atoms with Crippen molar-refractivity contribution < 1.29 is 9.53 Å². The largest absolute Gasteiger partial charge is 0.469 e. The molecule has 0 aliphatic heterocycles. The van der Waals surface area contributed by atoms with Crippen molar-refractivity contribution in [3.8, 4) is 6.07 Å². The lowest BCUT2D eigenvalue weighted by Gasteiger charge is -2.21. The van der Waals surface area contributed by atoms with Gasteiger partial charge in [-0.2, -0.15) is 5.26 Å². The second kappa shape index (κ2) is 3.57. The SMILES string of the molecule is COC(=O)C1(CC#N)CCCC1. The Morgan fingerprint density at radius 3 is 2.58 bits per heavy atom. The number of hydrogen-bond acceptors (Lipinski definition) is 3. The summed E-state index contributed by atoms with van der Waals surface area (Å²) in [4.78, 5) is 11.4. The molecule has 0 N–H and O–H groups in total. The minimum atomic E-state index is -0.469. The molecule has 0 saturated heterocycles. The predicted octanol–water partition coefficient (Wildman–Crippen LogP) is 1.63. The Labute approximate surface area is 72.3 Å². The summed E-state index contributed by atoms with van der Waals surface area (Å²) in [6, 6.07) is 2.06. The van der Waals surface area contributed by atoms with Crippen LogP contribution in [0.5, 0.6) is 0 Å². The van der Waals surface area contributed by atoms with Gasteiger partial charge >= 0.3 is 5.97 Å². The third-order valence-electron chi connectivity index (χ3n) is 2.60. The minimum Gasteiger partial charge on any atom is -0.469 e. The van der Waals surface area contributed by atoms with Crippen molar-refractivity contribution >= 4 is 5.97 Å². The monoisotopic (exact) mass is 167 g/mol. The lowest BCUT2D eigenvalue weighted by Crippen LogP contribution is -2.28. The van der Waals surface area contributed by atoms with Gasteiger partial charge in [0.15, 0.2) is 0 Å². The quantitative estimate of drug-likeness (QED) is 0.587. The Morgan fingerprint density at radius 2 is 2.17 bits per heavy atom. The fourth-order valence-corrected chi connectivity index (χ4v) is 1.87. The van der Waals surface area contributed by atoms with Gasteiger partial charge in [0, 0.05) is 0 Å². The Kier molecular flexibility index (Phi) is 2.69. The van der Waals surface area contributed by atoms with Gasteiger partial charge in [-0.3, -0.25) is 4.79 Å². The average molecular weight is 167 g/mol. The van der Waals surface area contributed by atoms with Crippen LogP contribution in [0.2, 0.25) is 0 Å². The number of hydrogen-bond donors (Lipinski definition) is 0. The van der Waals surface area contributed by atoms with Crippen molar-refractivity contribution in [3.63, 3.8) is 0 Å². The van der Waals surface area contributed by atoms with Crippen LogP contribution in [-0.4, -0.2) is 13.1 Å². The van der Waals surface area contributed by atoms with Crippen LogP contribution in [0.15, 0.2) is 0 Å². The lowest BCUT2D eigenvalue weighted by atomic mass is 9.83. The van der Waals surface area contributed by atoms with E-state index in [1.807, 2.05) is 0 Å². The third kappa shape index (κ3) is 1.42. The van der Waals surface area contributed by atoms with E-state index in [2.05, 4.69) is 6.07 Å². The lowest BCUT2D eigenvalue weighted by molar-refractivity contribution is -0.152. The summed E-state index contributed by atoms with van der Waals surface area (Å²) in [5.74, 6) is -0.207. The molecule has 1 rings (SSSR count). The van der Waals surface area contributed by atoms with Gasteiger partial charge in [0.25, 0.3) is 0 Å². The summed E-state index contributed by atoms with van der Waals surface area (Å²) in [6.45, 7) is 0. The maximum atomic E-state index is 11.4. The Morgan fingerprint density at radius 1 is 1.58 bits per heavy atom. The Bertz CT molecular complexity index is 211. The average Bonchev–Trinajstić information content (AvgIpc) is 2.53. The molecule has 3 heteroatoms. The second-order valence-corrected chi connectivity index (χ2v) is 3.31. The molecule has 0 amide bonds. The van der Waals surface area contributed by atoms with E-state index < -0.39 is 5.41 Å². The molecule has 3 nitrogen and oxygen atoms in total. The van der Waals surface area contributed by atoms with Gasteiger partial charge < -0.3 is 4.74 Å². The highest BCUT2D eigenvalue weighted by Crippen LogP contribution is 2.41. The third-order valence-corrected chi connectivity index (χ3v) is 2.60. The topological polar surface area (TPSA) is 50.1 Å². The van der Waals surface area contributed by atoms with Gasteiger partial charge in [-0.25, -0.2) is 0 Å². The Hall–Kier alpha value is -1.04. The molecule has 1 fully saturated rings. The van der Waals surface area contributed by atoms with Gasteiger partial charge in [0.2, 0.25) is 0 Å². The maximum absolute atomic E-state index is 11.4. The zero-order valence-corrected chi connectivity index (χ0v) is 7.30. The van der Waals surface area contributed by atoms with Crippen molar-refractivity contribution in [1.82, 2.24) is 0 Å². The summed E-state index contributed by atoms with van der Waals surface area (Å²) in [5, 5.41) is 8.58. The molecule has 1 saturated carbocycles. The molecule has 0 aromatic carbocycles. The number of carbonyl (C=O) groups is 1. The first-order valence-electron chi connectivity index (χ1n) is 4.20. The predicted molar refractivity (Wildman–Crippen MR) is 43.1 cm³/mol. The molecule has 1 aliphatic carbocycles. The van der Waals surface area contributed by atoms with Crippen molar-refractivity contribution in [2.75, 3.05) is 7.11 Å². The van der Waals surface area contributed by atoms with Crippen molar-refractivity contribution in [2.45, 2.75) is 32.1 Å². The first kappa shape index (κ1) is 9.05. The number of esters is 1. The van der Waals surface area contributed by atoms with E-state index in [0.717, 1.165) is 25.7 Å². The summed E-state index contributed by atoms with van der Waals surface area (Å²) in [6.07, 6.45) is 4.01. The number of nitrogens with zero attached hydrogens (tertiary/aromatic N) is 1. The number of carbonyl (C=O) groups excluding carboxylic acids is 1. The molecule has 0 heterocycles. The Balaban J connectivity index is 2.72. The van der Waals surface area contributed by atoms with Crippen LogP contribution in [0.3, 0.4) is 0 Å². The molecule has 0 bridgehead atoms. The summed E-state index contributed by atoms with van der Waals surface area (Å²) in [7, 11) is 1.39. The van der Waals surface area contributed by atoms with Crippen LogP contribution in [-0.2, 0) is 9.53 Å². The summed E-state index contributed by atoms with van der Waals surface area (Å²) < 4.78 is 4.70. The number of methoxy groups -OCH3 is 1. The van der Waals surface area contributed by atoms with Crippen LogP contribution in [0.1, 0.15) is 32.1 Å². The van der Waals surface area contributed by atoms with Gasteiger partial charge in [0.05, 0.1) is 25.0 Å². The van der Waals surface area contributed by atoms with Gasteiger partial charge in [-0.15, -0.1) is 0 Å². The number of rotatable bonds is 2. The minimum absolute atomic E-state index is 0.207. The molecule has 12 heavy (non-hydrogen) atoms. The van der Waals surface area contributed by atoms with Crippen LogP contribution >= 0.6 is 0 Å². The zero-order valence-electron chi connectivity index (χ0n) is 7.30. The highest BCUT2D eigenvalue weighted by atomic mass is 16.5. The second-order valence-electron chi connectivity index (χ2n) is 3.31. The van der Waals surface area contributed by atoms with Crippen LogP contribution in [0.25, 0.3) is 0 Å². The molecule has 0 aromatic heterocycles. The van der Waals surface area contributed by atoms with E-state index in [-0.39, 0.29) is 5.97 Å². The van der Waals surface area contributed by atoms with Crippen LogP contribution in [0.4, 0.5) is 0 Å². The molecule has 1 aliphatic rings. The fraction of sp³-hybridized carbons (Fsp3) is 0.778. The van der Waals surface area contributed by atoms with Crippen LogP contribution in [0, 0.1) is 16.7 Å². The first-order chi connectivity index (χ1) is 5.75. The first-order valence-corrected chi connectivity index (χ1v) is 4.20. The summed E-state index contributed by atoms with van der Waals surface area (Å²) >= 11 is 0. The molecule has 66 valence electrons. The van der Waals surface area contributed by atoms with Gasteiger partial charge in [0.1, 0.15) is 0 Å². The fourth-order valence-electron chi connectivity index (χ4n) is 1.87.